The van der Waals surface area contributed by atoms with Crippen LogP contribution in [0.25, 0.3) is 10.9 Å². The highest BCUT2D eigenvalue weighted by Gasteiger charge is 1.99. The molecule has 1 aromatic heterocycles. The van der Waals surface area contributed by atoms with Gasteiger partial charge in [0.1, 0.15) is 0 Å². The van der Waals surface area contributed by atoms with Gasteiger partial charge in [-0.1, -0.05) is 24.8 Å². The van der Waals surface area contributed by atoms with Crippen LogP contribution in [0.1, 0.15) is 18.1 Å². The number of hydrogen-bond donors (Lipinski definition) is 2. The van der Waals surface area contributed by atoms with E-state index in [0.717, 1.165) is 21.4 Å². The first-order valence-corrected chi connectivity index (χ1v) is 6.58. The zero-order chi connectivity index (χ0) is 15.1. The smallest absolute Gasteiger partial charge is 0.0991 e. The zero-order valence-corrected chi connectivity index (χ0v) is 12.7. The van der Waals surface area contributed by atoms with E-state index in [9.17, 15) is 0 Å². The summed E-state index contributed by atoms with van der Waals surface area (Å²) < 4.78 is 0. The van der Waals surface area contributed by atoms with Crippen molar-refractivity contribution in [2.75, 3.05) is 0 Å². The van der Waals surface area contributed by atoms with E-state index in [1.165, 1.54) is 5.56 Å². The highest BCUT2D eigenvalue weighted by atomic mass is 32.1. The van der Waals surface area contributed by atoms with E-state index in [1.807, 2.05) is 50.4 Å². The fourth-order valence-electron chi connectivity index (χ4n) is 1.57. The van der Waals surface area contributed by atoms with Gasteiger partial charge in [-0.2, -0.15) is 5.26 Å². The molecule has 0 spiro atoms. The number of aryl methyl sites for hydroxylation is 1. The number of H-pyrrole nitrogens is 1. The number of aromatic amines is 1. The lowest BCUT2D eigenvalue weighted by Gasteiger charge is -1.91. The number of aromatic nitrogens is 1. The summed E-state index contributed by atoms with van der Waals surface area (Å²) >= 11 is 3.95. The summed E-state index contributed by atoms with van der Waals surface area (Å²) in [5.74, 6) is 0. The monoisotopic (exact) mass is 282 g/mol. The Kier molecular flexibility index (Phi) is 5.89. The minimum absolute atomic E-state index is 0.713. The predicted octanol–water partition coefficient (Wildman–Crippen LogP) is 4.91. The molecule has 2 nitrogen and oxygen atoms in total. The van der Waals surface area contributed by atoms with Gasteiger partial charge >= 0.3 is 0 Å². The second kappa shape index (κ2) is 7.42. The summed E-state index contributed by atoms with van der Waals surface area (Å²) in [7, 11) is 0. The molecule has 1 N–H and O–H groups in total. The van der Waals surface area contributed by atoms with E-state index in [0.29, 0.717) is 5.56 Å². The molecular weight excluding hydrogens is 264 g/mol. The Balaban J connectivity index is 0.000000221. The molecule has 0 amide bonds. The second-order valence-corrected chi connectivity index (χ2v) is 5.09. The van der Waals surface area contributed by atoms with Crippen molar-refractivity contribution in [2.24, 2.45) is 0 Å². The SMILES string of the molecule is C=C(C)/C=C\C(=C)S.Cc1c[nH]c2ccc(C#N)cc12. The van der Waals surface area contributed by atoms with Gasteiger partial charge < -0.3 is 4.98 Å². The highest BCUT2D eigenvalue weighted by molar-refractivity contribution is 7.84. The molecule has 20 heavy (non-hydrogen) atoms. The van der Waals surface area contributed by atoms with Crippen LogP contribution >= 0.6 is 12.6 Å². The normalized spacial score (nSPS) is 9.90. The standard InChI is InChI=1S/C10H8N2.C7H10S/c1-7-6-12-10-3-2-8(5-11)4-9(7)10;1-6(2)4-5-7(3)8/h2-4,6,12H,1H3;4-5,8H,1,3H2,2H3/b;5-4-. The first kappa shape index (κ1) is 15.9. The Hall–Kier alpha value is -2.18. The molecule has 0 aliphatic rings. The van der Waals surface area contributed by atoms with Crippen molar-refractivity contribution >= 4 is 23.5 Å². The minimum atomic E-state index is 0.713. The Morgan fingerprint density at radius 1 is 1.35 bits per heavy atom. The molecule has 0 bridgehead atoms. The van der Waals surface area contributed by atoms with Gasteiger partial charge in [-0.15, -0.1) is 12.6 Å². The third-order valence-corrected chi connectivity index (χ3v) is 2.73. The zero-order valence-electron chi connectivity index (χ0n) is 11.8. The third kappa shape index (κ3) is 4.83. The molecule has 3 heteroatoms. The van der Waals surface area contributed by atoms with Crippen molar-refractivity contribution in [3.63, 3.8) is 0 Å². The van der Waals surface area contributed by atoms with Crippen molar-refractivity contribution < 1.29 is 0 Å². The maximum Gasteiger partial charge on any atom is 0.0991 e. The average Bonchev–Trinajstić information content (AvgIpc) is 2.78. The molecule has 2 aromatic rings. The summed E-state index contributed by atoms with van der Waals surface area (Å²) in [4.78, 5) is 3.89. The molecule has 0 saturated heterocycles. The van der Waals surface area contributed by atoms with Crippen molar-refractivity contribution in [1.82, 2.24) is 4.98 Å². The van der Waals surface area contributed by atoms with Crippen molar-refractivity contribution in [2.45, 2.75) is 13.8 Å². The summed E-state index contributed by atoms with van der Waals surface area (Å²) in [5, 5.41) is 9.80. The van der Waals surface area contributed by atoms with Crippen LogP contribution in [-0.2, 0) is 0 Å². The number of allylic oxidation sites excluding steroid dienone is 3. The maximum absolute atomic E-state index is 8.67. The van der Waals surface area contributed by atoms with E-state index in [1.54, 1.807) is 0 Å². The number of thiol groups is 1. The van der Waals surface area contributed by atoms with Gasteiger partial charge in [0, 0.05) is 17.1 Å². The van der Waals surface area contributed by atoms with Crippen molar-refractivity contribution in [3.05, 3.63) is 71.3 Å². The maximum atomic E-state index is 8.67. The molecule has 1 aromatic carbocycles. The van der Waals surface area contributed by atoms with Gasteiger partial charge in [0.15, 0.2) is 0 Å². The summed E-state index contributed by atoms with van der Waals surface area (Å²) in [5.41, 5.74) is 4.00. The molecule has 0 aliphatic carbocycles. The van der Waals surface area contributed by atoms with Crippen LogP contribution in [0, 0.1) is 18.3 Å². The molecule has 0 atom stereocenters. The highest BCUT2D eigenvalue weighted by Crippen LogP contribution is 2.18. The number of nitrogens with zero attached hydrogens (tertiary/aromatic N) is 1. The number of rotatable bonds is 2. The van der Waals surface area contributed by atoms with E-state index in [2.05, 4.69) is 36.8 Å². The molecule has 102 valence electrons. The van der Waals surface area contributed by atoms with E-state index in [-0.39, 0.29) is 0 Å². The number of fused-ring (bicyclic) bond motifs is 1. The van der Waals surface area contributed by atoms with Crippen molar-refractivity contribution in [3.8, 4) is 6.07 Å². The Bertz CT molecular complexity index is 683. The van der Waals surface area contributed by atoms with E-state index >= 15 is 0 Å². The van der Waals surface area contributed by atoms with Crippen LogP contribution in [0.3, 0.4) is 0 Å². The van der Waals surface area contributed by atoms with Gasteiger partial charge in [0.25, 0.3) is 0 Å². The summed E-state index contributed by atoms with van der Waals surface area (Å²) in [6, 6.07) is 7.78. The van der Waals surface area contributed by atoms with Gasteiger partial charge in [-0.25, -0.2) is 0 Å². The lowest BCUT2D eigenvalue weighted by molar-refractivity contribution is 1.43. The van der Waals surface area contributed by atoms with Crippen molar-refractivity contribution in [1.29, 1.82) is 5.26 Å². The number of benzene rings is 1. The van der Waals surface area contributed by atoms with Crippen LogP contribution in [0.4, 0.5) is 0 Å². The molecular formula is C17H18N2S. The van der Waals surface area contributed by atoms with Crippen LogP contribution < -0.4 is 0 Å². The van der Waals surface area contributed by atoms with Crippen LogP contribution in [0.2, 0.25) is 0 Å². The second-order valence-electron chi connectivity index (χ2n) is 4.51. The lowest BCUT2D eigenvalue weighted by atomic mass is 10.1. The van der Waals surface area contributed by atoms with Gasteiger partial charge in [0.05, 0.1) is 11.6 Å². The number of hydrogen-bond acceptors (Lipinski definition) is 2. The van der Waals surface area contributed by atoms with E-state index < -0.39 is 0 Å². The number of nitriles is 1. The molecule has 0 aliphatic heterocycles. The van der Waals surface area contributed by atoms with Crippen LogP contribution in [0.15, 0.2) is 60.2 Å². The molecule has 0 radical (unpaired) electrons. The quantitative estimate of drug-likeness (QED) is 0.596. The van der Waals surface area contributed by atoms with Gasteiger partial charge in [-0.3, -0.25) is 0 Å². The summed E-state index contributed by atoms with van der Waals surface area (Å²) in [6.07, 6.45) is 5.63. The molecule has 0 unspecified atom stereocenters. The molecule has 2 rings (SSSR count). The first-order valence-electron chi connectivity index (χ1n) is 6.13. The van der Waals surface area contributed by atoms with E-state index in [4.69, 9.17) is 5.26 Å². The third-order valence-electron chi connectivity index (χ3n) is 2.58. The van der Waals surface area contributed by atoms with Gasteiger partial charge in [-0.05, 0) is 48.6 Å². The average molecular weight is 282 g/mol. The van der Waals surface area contributed by atoms with Gasteiger partial charge in [0.2, 0.25) is 0 Å². The lowest BCUT2D eigenvalue weighted by Crippen LogP contribution is -1.73. The molecule has 0 saturated carbocycles. The Labute approximate surface area is 125 Å². The fourth-order valence-corrected chi connectivity index (χ4v) is 1.64. The minimum Gasteiger partial charge on any atom is -0.361 e. The number of nitrogens with one attached hydrogen (secondary N) is 1. The molecule has 0 fully saturated rings. The first-order chi connectivity index (χ1) is 9.43. The Morgan fingerprint density at radius 2 is 2.05 bits per heavy atom. The Morgan fingerprint density at radius 3 is 2.55 bits per heavy atom. The van der Waals surface area contributed by atoms with Crippen LogP contribution in [0.5, 0.6) is 0 Å². The predicted molar refractivity (Wildman–Crippen MR) is 89.8 cm³/mol. The largest absolute Gasteiger partial charge is 0.361 e. The van der Waals surface area contributed by atoms with Crippen LogP contribution in [-0.4, -0.2) is 4.98 Å². The molecule has 1 heterocycles. The topological polar surface area (TPSA) is 39.6 Å². The fraction of sp³-hybridized carbons (Fsp3) is 0.118. The summed E-state index contributed by atoms with van der Waals surface area (Å²) in [6.45, 7) is 11.2.